The molecule has 2 aromatic carbocycles. The fourth-order valence-corrected chi connectivity index (χ4v) is 3.81. The summed E-state index contributed by atoms with van der Waals surface area (Å²) in [7, 11) is 1.89. The number of benzene rings is 2. The Bertz CT molecular complexity index is 1300. The maximum atomic E-state index is 12.9. The van der Waals surface area contributed by atoms with Crippen molar-refractivity contribution in [3.8, 4) is 17.3 Å². The molecule has 1 atom stereocenters. The van der Waals surface area contributed by atoms with Gasteiger partial charge in [0.15, 0.2) is 11.6 Å². The standard InChI is InChI=1S/C24H23N7O2/c1-15-6-7-21-18(10-15)20(13-33-21)28-24(32)16-4-3-5-17(11-16)26-12-22-29-30-23(31(22)2)19-8-9-25-14-27-19/h3-11,14,20,26H,12-13H2,1-2H3,(H,28,32). The summed E-state index contributed by atoms with van der Waals surface area (Å²) in [5.41, 5.74) is 4.24. The first-order chi connectivity index (χ1) is 16.1. The van der Waals surface area contributed by atoms with E-state index < -0.39 is 0 Å². The van der Waals surface area contributed by atoms with Gasteiger partial charge in [-0.15, -0.1) is 10.2 Å². The highest BCUT2D eigenvalue weighted by Gasteiger charge is 2.26. The van der Waals surface area contributed by atoms with Crippen molar-refractivity contribution < 1.29 is 9.53 Å². The fraction of sp³-hybridized carbons (Fsp3) is 0.208. The number of aryl methyl sites for hydroxylation is 1. The molecule has 0 radical (unpaired) electrons. The van der Waals surface area contributed by atoms with Gasteiger partial charge in [0, 0.05) is 30.1 Å². The number of aromatic nitrogens is 5. The van der Waals surface area contributed by atoms with Crippen molar-refractivity contribution in [1.29, 1.82) is 0 Å². The lowest BCUT2D eigenvalue weighted by Crippen LogP contribution is -2.29. The van der Waals surface area contributed by atoms with Crippen molar-refractivity contribution in [2.75, 3.05) is 11.9 Å². The van der Waals surface area contributed by atoms with E-state index in [1.54, 1.807) is 18.3 Å². The van der Waals surface area contributed by atoms with Crippen molar-refractivity contribution in [1.82, 2.24) is 30.0 Å². The average molecular weight is 441 g/mol. The molecular weight excluding hydrogens is 418 g/mol. The van der Waals surface area contributed by atoms with Crippen LogP contribution in [0.3, 0.4) is 0 Å². The number of nitrogens with zero attached hydrogens (tertiary/aromatic N) is 5. The monoisotopic (exact) mass is 441 g/mol. The van der Waals surface area contributed by atoms with Gasteiger partial charge in [0.1, 0.15) is 24.4 Å². The smallest absolute Gasteiger partial charge is 0.251 e. The van der Waals surface area contributed by atoms with Gasteiger partial charge in [-0.1, -0.05) is 23.8 Å². The first-order valence-electron chi connectivity index (χ1n) is 10.6. The number of amides is 1. The lowest BCUT2D eigenvalue weighted by Gasteiger charge is -2.13. The Morgan fingerprint density at radius 3 is 2.94 bits per heavy atom. The van der Waals surface area contributed by atoms with Crippen LogP contribution in [-0.4, -0.2) is 37.2 Å². The molecule has 2 aromatic heterocycles. The van der Waals surface area contributed by atoms with E-state index >= 15 is 0 Å². The minimum absolute atomic E-state index is 0.147. The third-order valence-electron chi connectivity index (χ3n) is 5.60. The Morgan fingerprint density at radius 2 is 2.09 bits per heavy atom. The highest BCUT2D eigenvalue weighted by Crippen LogP contribution is 2.33. The second kappa shape index (κ2) is 8.70. The summed E-state index contributed by atoms with van der Waals surface area (Å²) in [5.74, 6) is 2.09. The van der Waals surface area contributed by atoms with Gasteiger partial charge in [0.05, 0.1) is 12.6 Å². The van der Waals surface area contributed by atoms with Crippen LogP contribution >= 0.6 is 0 Å². The number of carbonyl (C=O) groups excluding carboxylic acids is 1. The van der Waals surface area contributed by atoms with Crippen LogP contribution in [0.2, 0.25) is 0 Å². The van der Waals surface area contributed by atoms with Gasteiger partial charge < -0.3 is 19.9 Å². The van der Waals surface area contributed by atoms with Crippen molar-refractivity contribution in [2.24, 2.45) is 7.05 Å². The minimum Gasteiger partial charge on any atom is -0.491 e. The van der Waals surface area contributed by atoms with Gasteiger partial charge in [-0.05, 0) is 37.3 Å². The molecule has 1 aliphatic rings. The number of carbonyl (C=O) groups is 1. The van der Waals surface area contributed by atoms with Crippen molar-refractivity contribution in [3.05, 3.63) is 83.6 Å². The topological polar surface area (TPSA) is 107 Å². The molecular formula is C24H23N7O2. The van der Waals surface area contributed by atoms with E-state index in [1.165, 1.54) is 6.33 Å². The average Bonchev–Trinajstić information content (AvgIpc) is 3.41. The summed E-state index contributed by atoms with van der Waals surface area (Å²) in [6.07, 6.45) is 3.15. The van der Waals surface area contributed by atoms with Gasteiger partial charge in [0.2, 0.25) is 0 Å². The quantitative estimate of drug-likeness (QED) is 0.474. The van der Waals surface area contributed by atoms with E-state index in [-0.39, 0.29) is 11.9 Å². The predicted molar refractivity (Wildman–Crippen MR) is 123 cm³/mol. The molecule has 0 spiro atoms. The number of fused-ring (bicyclic) bond motifs is 1. The molecule has 2 N–H and O–H groups in total. The second-order valence-electron chi connectivity index (χ2n) is 7.91. The van der Waals surface area contributed by atoms with Gasteiger partial charge >= 0.3 is 0 Å². The molecule has 0 saturated heterocycles. The van der Waals surface area contributed by atoms with Gasteiger partial charge in [-0.3, -0.25) is 4.79 Å². The molecule has 166 valence electrons. The lowest BCUT2D eigenvalue weighted by atomic mass is 10.1. The predicted octanol–water partition coefficient (Wildman–Crippen LogP) is 3.06. The molecule has 0 aliphatic carbocycles. The molecule has 3 heterocycles. The first kappa shape index (κ1) is 20.6. The van der Waals surface area contributed by atoms with Crippen LogP contribution in [0.4, 0.5) is 5.69 Å². The summed E-state index contributed by atoms with van der Waals surface area (Å²) in [4.78, 5) is 21.1. The molecule has 1 amide bonds. The normalized spacial score (nSPS) is 14.4. The van der Waals surface area contributed by atoms with Crippen LogP contribution in [-0.2, 0) is 13.6 Å². The number of rotatable bonds is 6. The summed E-state index contributed by atoms with van der Waals surface area (Å²) in [6, 6.07) is 15.0. The SMILES string of the molecule is Cc1ccc2c(c1)C(NC(=O)c1cccc(NCc3nnc(-c4ccncn4)n3C)c1)CO2. The molecule has 9 heteroatoms. The molecule has 1 unspecified atom stereocenters. The molecule has 9 nitrogen and oxygen atoms in total. The molecule has 33 heavy (non-hydrogen) atoms. The molecule has 0 fully saturated rings. The van der Waals surface area contributed by atoms with Crippen LogP contribution in [0.15, 0.2) is 61.1 Å². The third-order valence-corrected chi connectivity index (χ3v) is 5.60. The summed E-state index contributed by atoms with van der Waals surface area (Å²) in [5, 5.41) is 14.9. The molecule has 0 saturated carbocycles. The Hall–Kier alpha value is -4.27. The number of anilines is 1. The number of nitrogens with one attached hydrogen (secondary N) is 2. The van der Waals surface area contributed by atoms with Crippen LogP contribution in [0, 0.1) is 6.92 Å². The van der Waals surface area contributed by atoms with E-state index in [2.05, 4.69) is 36.9 Å². The Kier molecular flexibility index (Phi) is 5.43. The van der Waals surface area contributed by atoms with E-state index in [0.717, 1.165) is 28.4 Å². The zero-order valence-electron chi connectivity index (χ0n) is 18.3. The zero-order valence-corrected chi connectivity index (χ0v) is 18.3. The molecule has 5 rings (SSSR count). The third kappa shape index (κ3) is 4.25. The van der Waals surface area contributed by atoms with Crippen LogP contribution in [0.25, 0.3) is 11.5 Å². The summed E-state index contributed by atoms with van der Waals surface area (Å²) < 4.78 is 7.59. The Balaban J connectivity index is 1.26. The number of hydrogen-bond donors (Lipinski definition) is 2. The number of ether oxygens (including phenoxy) is 1. The lowest BCUT2D eigenvalue weighted by molar-refractivity contribution is 0.0930. The fourth-order valence-electron chi connectivity index (χ4n) is 3.81. The molecule has 1 aliphatic heterocycles. The highest BCUT2D eigenvalue weighted by molar-refractivity contribution is 5.95. The molecule has 0 bridgehead atoms. The summed E-state index contributed by atoms with van der Waals surface area (Å²) >= 11 is 0. The van der Waals surface area contributed by atoms with Gasteiger partial charge in [-0.25, -0.2) is 9.97 Å². The van der Waals surface area contributed by atoms with E-state index in [4.69, 9.17) is 4.74 Å². The minimum atomic E-state index is -0.164. The van der Waals surface area contributed by atoms with E-state index in [0.29, 0.717) is 30.2 Å². The van der Waals surface area contributed by atoms with Crippen molar-refractivity contribution in [3.63, 3.8) is 0 Å². The maximum absolute atomic E-state index is 12.9. The van der Waals surface area contributed by atoms with Gasteiger partial charge in [0.25, 0.3) is 5.91 Å². The molecule has 4 aromatic rings. The Morgan fingerprint density at radius 1 is 1.18 bits per heavy atom. The maximum Gasteiger partial charge on any atom is 0.251 e. The van der Waals surface area contributed by atoms with Crippen molar-refractivity contribution in [2.45, 2.75) is 19.5 Å². The zero-order chi connectivity index (χ0) is 22.8. The van der Waals surface area contributed by atoms with E-state index in [1.807, 2.05) is 48.9 Å². The number of hydrogen-bond acceptors (Lipinski definition) is 7. The largest absolute Gasteiger partial charge is 0.491 e. The van der Waals surface area contributed by atoms with E-state index in [9.17, 15) is 4.79 Å². The first-order valence-corrected chi connectivity index (χ1v) is 10.6. The summed E-state index contributed by atoms with van der Waals surface area (Å²) in [6.45, 7) is 2.91. The van der Waals surface area contributed by atoms with Crippen LogP contribution < -0.4 is 15.4 Å². The van der Waals surface area contributed by atoms with Crippen molar-refractivity contribution >= 4 is 11.6 Å². The van der Waals surface area contributed by atoms with Crippen LogP contribution in [0.1, 0.15) is 33.4 Å². The second-order valence-corrected chi connectivity index (χ2v) is 7.91. The highest BCUT2D eigenvalue weighted by atomic mass is 16.5. The van der Waals surface area contributed by atoms with Gasteiger partial charge in [-0.2, -0.15) is 0 Å². The van der Waals surface area contributed by atoms with Crippen LogP contribution in [0.5, 0.6) is 5.75 Å². The Labute approximate surface area is 190 Å².